The van der Waals surface area contributed by atoms with Crippen LogP contribution in [0.15, 0.2) is 0 Å². The second-order valence-corrected chi connectivity index (χ2v) is 4.94. The van der Waals surface area contributed by atoms with E-state index in [1.807, 2.05) is 0 Å². The van der Waals surface area contributed by atoms with Crippen molar-refractivity contribution < 1.29 is 9.53 Å². The van der Waals surface area contributed by atoms with Crippen LogP contribution in [0, 0.1) is 5.92 Å². The summed E-state index contributed by atoms with van der Waals surface area (Å²) >= 11 is 0. The van der Waals surface area contributed by atoms with Crippen molar-refractivity contribution >= 4 is 5.97 Å². The van der Waals surface area contributed by atoms with E-state index in [1.54, 1.807) is 0 Å². The van der Waals surface area contributed by atoms with E-state index in [-0.39, 0.29) is 5.97 Å². The zero-order valence-electron chi connectivity index (χ0n) is 12.5. The number of unbranched alkanes of at least 4 members (excludes halogenated alkanes) is 2. The summed E-state index contributed by atoms with van der Waals surface area (Å²) in [5.41, 5.74) is 0. The molecule has 0 amide bonds. The molecule has 0 aliphatic heterocycles. The van der Waals surface area contributed by atoms with Gasteiger partial charge in [0, 0.05) is 6.54 Å². The van der Waals surface area contributed by atoms with Crippen LogP contribution in [-0.4, -0.2) is 25.7 Å². The van der Waals surface area contributed by atoms with Crippen LogP contribution >= 0.6 is 0 Å². The SMILES string of the molecule is CCCCOC(=O)CCNCC(CC)CCCC. The molecule has 0 aromatic heterocycles. The van der Waals surface area contributed by atoms with Gasteiger partial charge in [0.2, 0.25) is 0 Å². The predicted octanol–water partition coefficient (Wildman–Crippen LogP) is 3.53. The molecule has 1 N–H and O–H groups in total. The van der Waals surface area contributed by atoms with E-state index in [4.69, 9.17) is 4.74 Å². The molecule has 0 rings (SSSR count). The van der Waals surface area contributed by atoms with Crippen molar-refractivity contribution in [2.24, 2.45) is 5.92 Å². The standard InChI is InChI=1S/C15H31NO2/c1-4-7-9-14(6-3)13-16-11-10-15(17)18-12-8-5-2/h14,16H,4-13H2,1-3H3. The normalized spacial score (nSPS) is 12.4. The Bertz CT molecular complexity index is 195. The Morgan fingerprint density at radius 2 is 1.89 bits per heavy atom. The van der Waals surface area contributed by atoms with E-state index >= 15 is 0 Å². The van der Waals surface area contributed by atoms with Gasteiger partial charge in [0.05, 0.1) is 13.0 Å². The maximum atomic E-state index is 11.3. The molecule has 0 bridgehead atoms. The monoisotopic (exact) mass is 257 g/mol. The lowest BCUT2D eigenvalue weighted by atomic mass is 9.99. The third-order valence-electron chi connectivity index (χ3n) is 3.24. The lowest BCUT2D eigenvalue weighted by Gasteiger charge is -2.15. The smallest absolute Gasteiger partial charge is 0.307 e. The molecule has 3 nitrogen and oxygen atoms in total. The van der Waals surface area contributed by atoms with Crippen molar-refractivity contribution in [2.75, 3.05) is 19.7 Å². The van der Waals surface area contributed by atoms with E-state index in [2.05, 4.69) is 26.1 Å². The molecule has 0 heterocycles. The molecule has 0 saturated heterocycles. The fourth-order valence-electron chi connectivity index (χ4n) is 1.84. The van der Waals surface area contributed by atoms with Crippen LogP contribution in [0.1, 0.15) is 65.7 Å². The molecule has 18 heavy (non-hydrogen) atoms. The minimum Gasteiger partial charge on any atom is -0.466 e. The highest BCUT2D eigenvalue weighted by atomic mass is 16.5. The first-order valence-electron chi connectivity index (χ1n) is 7.60. The van der Waals surface area contributed by atoms with Crippen LogP contribution in [-0.2, 0) is 9.53 Å². The van der Waals surface area contributed by atoms with Crippen LogP contribution in [0.25, 0.3) is 0 Å². The molecule has 1 unspecified atom stereocenters. The number of hydrogen-bond acceptors (Lipinski definition) is 3. The molecule has 0 aliphatic carbocycles. The van der Waals surface area contributed by atoms with Gasteiger partial charge in [0.1, 0.15) is 0 Å². The summed E-state index contributed by atoms with van der Waals surface area (Å²) in [6.45, 7) is 8.90. The Kier molecular flexibility index (Phi) is 12.5. The van der Waals surface area contributed by atoms with Crippen molar-refractivity contribution in [1.82, 2.24) is 5.32 Å². The molecule has 0 saturated carbocycles. The predicted molar refractivity (Wildman–Crippen MR) is 76.7 cm³/mol. The lowest BCUT2D eigenvalue weighted by Crippen LogP contribution is -2.25. The number of esters is 1. The average molecular weight is 257 g/mol. The maximum absolute atomic E-state index is 11.3. The van der Waals surface area contributed by atoms with Crippen LogP contribution in [0.2, 0.25) is 0 Å². The first kappa shape index (κ1) is 17.4. The second kappa shape index (κ2) is 12.9. The minimum absolute atomic E-state index is 0.0717. The van der Waals surface area contributed by atoms with E-state index in [0.29, 0.717) is 13.0 Å². The van der Waals surface area contributed by atoms with E-state index in [0.717, 1.165) is 31.8 Å². The van der Waals surface area contributed by atoms with Crippen LogP contribution in [0.4, 0.5) is 0 Å². The van der Waals surface area contributed by atoms with E-state index < -0.39 is 0 Å². The summed E-state index contributed by atoms with van der Waals surface area (Å²) in [7, 11) is 0. The number of carbonyl (C=O) groups is 1. The van der Waals surface area contributed by atoms with Gasteiger partial charge in [-0.25, -0.2) is 0 Å². The number of nitrogens with one attached hydrogen (secondary N) is 1. The van der Waals surface area contributed by atoms with Crippen molar-refractivity contribution in [3.63, 3.8) is 0 Å². The molecule has 0 aromatic carbocycles. The lowest BCUT2D eigenvalue weighted by molar-refractivity contribution is -0.143. The van der Waals surface area contributed by atoms with E-state index in [9.17, 15) is 4.79 Å². The van der Waals surface area contributed by atoms with Gasteiger partial charge in [-0.05, 0) is 25.3 Å². The Hall–Kier alpha value is -0.570. The highest BCUT2D eigenvalue weighted by Crippen LogP contribution is 2.10. The largest absolute Gasteiger partial charge is 0.466 e. The van der Waals surface area contributed by atoms with Gasteiger partial charge in [-0.1, -0.05) is 46.5 Å². The van der Waals surface area contributed by atoms with Crippen molar-refractivity contribution in [3.05, 3.63) is 0 Å². The van der Waals surface area contributed by atoms with Crippen molar-refractivity contribution in [1.29, 1.82) is 0 Å². The number of rotatable bonds is 12. The Balaban J connectivity index is 3.43. The molecular formula is C15H31NO2. The second-order valence-electron chi connectivity index (χ2n) is 4.94. The number of ether oxygens (including phenoxy) is 1. The summed E-state index contributed by atoms with van der Waals surface area (Å²) < 4.78 is 5.10. The van der Waals surface area contributed by atoms with E-state index in [1.165, 1.54) is 25.7 Å². The highest BCUT2D eigenvalue weighted by Gasteiger charge is 2.06. The molecule has 0 radical (unpaired) electrons. The van der Waals surface area contributed by atoms with Crippen molar-refractivity contribution in [2.45, 2.75) is 65.7 Å². The summed E-state index contributed by atoms with van der Waals surface area (Å²) in [6.07, 6.45) is 7.61. The molecule has 0 aromatic rings. The van der Waals surface area contributed by atoms with Gasteiger partial charge < -0.3 is 10.1 Å². The van der Waals surface area contributed by atoms with Gasteiger partial charge >= 0.3 is 5.97 Å². The Morgan fingerprint density at radius 1 is 1.17 bits per heavy atom. The van der Waals surface area contributed by atoms with Gasteiger partial charge in [-0.15, -0.1) is 0 Å². The molecule has 0 spiro atoms. The fraction of sp³-hybridized carbons (Fsp3) is 0.933. The summed E-state index contributed by atoms with van der Waals surface area (Å²) in [5, 5.41) is 3.37. The van der Waals surface area contributed by atoms with Gasteiger partial charge in [0.15, 0.2) is 0 Å². The summed E-state index contributed by atoms with van der Waals surface area (Å²) in [6, 6.07) is 0. The van der Waals surface area contributed by atoms with Crippen molar-refractivity contribution in [3.8, 4) is 0 Å². The Morgan fingerprint density at radius 3 is 2.50 bits per heavy atom. The fourth-order valence-corrected chi connectivity index (χ4v) is 1.84. The summed E-state index contributed by atoms with van der Waals surface area (Å²) in [4.78, 5) is 11.3. The molecule has 0 aliphatic rings. The molecule has 0 fully saturated rings. The third-order valence-corrected chi connectivity index (χ3v) is 3.24. The number of carbonyl (C=O) groups excluding carboxylic acids is 1. The molecular weight excluding hydrogens is 226 g/mol. The first-order valence-corrected chi connectivity index (χ1v) is 7.60. The van der Waals surface area contributed by atoms with Gasteiger partial charge in [-0.3, -0.25) is 4.79 Å². The zero-order chi connectivity index (χ0) is 13.6. The highest BCUT2D eigenvalue weighted by molar-refractivity contribution is 5.69. The Labute approximate surface area is 113 Å². The van der Waals surface area contributed by atoms with Crippen LogP contribution in [0.3, 0.4) is 0 Å². The minimum atomic E-state index is -0.0717. The zero-order valence-corrected chi connectivity index (χ0v) is 12.5. The molecule has 1 atom stereocenters. The first-order chi connectivity index (χ1) is 8.74. The average Bonchev–Trinajstić information content (AvgIpc) is 2.38. The van der Waals surface area contributed by atoms with Gasteiger partial charge in [-0.2, -0.15) is 0 Å². The molecule has 3 heteroatoms. The third kappa shape index (κ3) is 10.6. The summed E-state index contributed by atoms with van der Waals surface area (Å²) in [5.74, 6) is 0.679. The molecule has 108 valence electrons. The number of hydrogen-bond donors (Lipinski definition) is 1. The van der Waals surface area contributed by atoms with Crippen LogP contribution in [0.5, 0.6) is 0 Å². The maximum Gasteiger partial charge on any atom is 0.307 e. The van der Waals surface area contributed by atoms with Gasteiger partial charge in [0.25, 0.3) is 0 Å². The quantitative estimate of drug-likeness (QED) is 0.429. The van der Waals surface area contributed by atoms with Crippen LogP contribution < -0.4 is 5.32 Å². The topological polar surface area (TPSA) is 38.3 Å².